The SMILES string of the molecule is COc1ccc(CCNC(=O)c2ccc(=O)n(C)n2)cc1OC. The number of carbonyl (C=O) groups excluding carboxylic acids is 1. The molecular formula is C16H19N3O4. The van der Waals surface area contributed by atoms with Crippen molar-refractivity contribution in [1.29, 1.82) is 0 Å². The third kappa shape index (κ3) is 4.09. The smallest absolute Gasteiger partial charge is 0.271 e. The average molecular weight is 317 g/mol. The highest BCUT2D eigenvalue weighted by Crippen LogP contribution is 2.27. The first-order valence-electron chi connectivity index (χ1n) is 7.08. The van der Waals surface area contributed by atoms with Gasteiger partial charge < -0.3 is 14.8 Å². The Bertz CT molecular complexity index is 755. The van der Waals surface area contributed by atoms with Crippen LogP contribution in [0.1, 0.15) is 16.1 Å². The Morgan fingerprint density at radius 2 is 1.91 bits per heavy atom. The molecule has 1 N–H and O–H groups in total. The fourth-order valence-electron chi connectivity index (χ4n) is 2.07. The van der Waals surface area contributed by atoms with Crippen molar-refractivity contribution in [2.45, 2.75) is 6.42 Å². The molecule has 7 heteroatoms. The fraction of sp³-hybridized carbons (Fsp3) is 0.312. The van der Waals surface area contributed by atoms with E-state index in [4.69, 9.17) is 9.47 Å². The Morgan fingerprint density at radius 1 is 1.17 bits per heavy atom. The number of amides is 1. The van der Waals surface area contributed by atoms with Crippen LogP contribution >= 0.6 is 0 Å². The molecule has 0 unspecified atom stereocenters. The molecule has 1 amide bonds. The molecule has 2 aromatic rings. The van der Waals surface area contributed by atoms with Gasteiger partial charge in [-0.05, 0) is 30.2 Å². The van der Waals surface area contributed by atoms with E-state index in [1.165, 1.54) is 19.2 Å². The highest BCUT2D eigenvalue weighted by Gasteiger charge is 2.09. The number of carbonyl (C=O) groups is 1. The van der Waals surface area contributed by atoms with Crippen LogP contribution in [0, 0.1) is 0 Å². The van der Waals surface area contributed by atoms with Crippen molar-refractivity contribution in [2.24, 2.45) is 7.05 Å². The summed E-state index contributed by atoms with van der Waals surface area (Å²) in [6, 6.07) is 8.34. The van der Waals surface area contributed by atoms with Crippen LogP contribution in [0.4, 0.5) is 0 Å². The van der Waals surface area contributed by atoms with Crippen molar-refractivity contribution in [3.8, 4) is 11.5 Å². The van der Waals surface area contributed by atoms with Gasteiger partial charge in [-0.1, -0.05) is 6.07 Å². The maximum Gasteiger partial charge on any atom is 0.271 e. The second kappa shape index (κ2) is 7.44. The molecule has 0 bridgehead atoms. The van der Waals surface area contributed by atoms with Crippen LogP contribution in [0.3, 0.4) is 0 Å². The zero-order chi connectivity index (χ0) is 16.8. The lowest BCUT2D eigenvalue weighted by molar-refractivity contribution is 0.0947. The molecule has 0 aliphatic carbocycles. The molecule has 122 valence electrons. The van der Waals surface area contributed by atoms with E-state index in [9.17, 15) is 9.59 Å². The molecule has 1 aromatic carbocycles. The normalized spacial score (nSPS) is 10.2. The summed E-state index contributed by atoms with van der Waals surface area (Å²) in [7, 11) is 4.66. The molecule has 0 atom stereocenters. The van der Waals surface area contributed by atoms with Crippen molar-refractivity contribution >= 4 is 5.91 Å². The molecule has 0 spiro atoms. The number of aryl methyl sites for hydroxylation is 1. The molecule has 1 aromatic heterocycles. The van der Waals surface area contributed by atoms with Gasteiger partial charge in [0.2, 0.25) is 0 Å². The molecule has 0 fully saturated rings. The largest absolute Gasteiger partial charge is 0.493 e. The van der Waals surface area contributed by atoms with Gasteiger partial charge in [0.25, 0.3) is 11.5 Å². The van der Waals surface area contributed by atoms with Gasteiger partial charge in [0.15, 0.2) is 11.5 Å². The zero-order valence-corrected chi connectivity index (χ0v) is 13.3. The van der Waals surface area contributed by atoms with E-state index in [1.807, 2.05) is 18.2 Å². The lowest BCUT2D eigenvalue weighted by atomic mass is 10.1. The van der Waals surface area contributed by atoms with Gasteiger partial charge in [-0.2, -0.15) is 5.10 Å². The molecular weight excluding hydrogens is 298 g/mol. The molecule has 0 saturated carbocycles. The maximum absolute atomic E-state index is 12.0. The van der Waals surface area contributed by atoms with Crippen LogP contribution < -0.4 is 20.3 Å². The van der Waals surface area contributed by atoms with Gasteiger partial charge in [-0.3, -0.25) is 9.59 Å². The van der Waals surface area contributed by atoms with Crippen molar-refractivity contribution in [3.63, 3.8) is 0 Å². The van der Waals surface area contributed by atoms with Gasteiger partial charge >= 0.3 is 0 Å². The van der Waals surface area contributed by atoms with E-state index in [2.05, 4.69) is 10.4 Å². The number of methoxy groups -OCH3 is 2. The highest BCUT2D eigenvalue weighted by molar-refractivity contribution is 5.91. The Kier molecular flexibility index (Phi) is 5.35. The molecule has 7 nitrogen and oxygen atoms in total. The number of aromatic nitrogens is 2. The van der Waals surface area contributed by atoms with Crippen LogP contribution in [0.2, 0.25) is 0 Å². The van der Waals surface area contributed by atoms with Crippen LogP contribution in [0.5, 0.6) is 11.5 Å². The first-order chi connectivity index (χ1) is 11.0. The minimum absolute atomic E-state index is 0.208. The monoisotopic (exact) mass is 317 g/mol. The van der Waals surface area contributed by atoms with Gasteiger partial charge in [0.05, 0.1) is 14.2 Å². The summed E-state index contributed by atoms with van der Waals surface area (Å²) in [5.74, 6) is 0.992. The van der Waals surface area contributed by atoms with E-state index in [0.29, 0.717) is 24.5 Å². The Hall–Kier alpha value is -2.83. The summed E-state index contributed by atoms with van der Waals surface area (Å²) < 4.78 is 11.6. The third-order valence-corrected chi connectivity index (χ3v) is 3.34. The Morgan fingerprint density at radius 3 is 2.57 bits per heavy atom. The maximum atomic E-state index is 12.0. The van der Waals surface area contributed by atoms with E-state index in [-0.39, 0.29) is 17.2 Å². The molecule has 0 aliphatic rings. The topological polar surface area (TPSA) is 82.5 Å². The number of nitrogens with one attached hydrogen (secondary N) is 1. The fourth-order valence-corrected chi connectivity index (χ4v) is 2.07. The second-order valence-corrected chi connectivity index (χ2v) is 4.88. The lowest BCUT2D eigenvalue weighted by Crippen LogP contribution is -2.29. The summed E-state index contributed by atoms with van der Waals surface area (Å²) >= 11 is 0. The minimum atomic E-state index is -0.318. The van der Waals surface area contributed by atoms with Crippen LogP contribution in [0.25, 0.3) is 0 Å². The molecule has 23 heavy (non-hydrogen) atoms. The second-order valence-electron chi connectivity index (χ2n) is 4.88. The van der Waals surface area contributed by atoms with E-state index >= 15 is 0 Å². The van der Waals surface area contributed by atoms with Gasteiger partial charge in [0, 0.05) is 19.7 Å². The summed E-state index contributed by atoms with van der Waals surface area (Å²) in [5.41, 5.74) is 0.961. The van der Waals surface area contributed by atoms with Crippen molar-refractivity contribution in [1.82, 2.24) is 15.1 Å². The zero-order valence-electron chi connectivity index (χ0n) is 13.3. The van der Waals surface area contributed by atoms with Crippen molar-refractivity contribution in [3.05, 3.63) is 51.9 Å². The molecule has 1 heterocycles. The minimum Gasteiger partial charge on any atom is -0.493 e. The average Bonchev–Trinajstić information content (AvgIpc) is 2.57. The standard InChI is InChI=1S/C16H19N3O4/c1-19-15(20)7-5-12(18-19)16(21)17-9-8-11-4-6-13(22-2)14(10-11)23-3/h4-7,10H,8-9H2,1-3H3,(H,17,21). The first-order valence-corrected chi connectivity index (χ1v) is 7.08. The lowest BCUT2D eigenvalue weighted by Gasteiger charge is -2.10. The number of hydrogen-bond acceptors (Lipinski definition) is 5. The predicted octanol–water partition coefficient (Wildman–Crippen LogP) is 0.770. The van der Waals surface area contributed by atoms with Crippen LogP contribution in [-0.4, -0.2) is 36.5 Å². The van der Waals surface area contributed by atoms with Gasteiger partial charge in [-0.15, -0.1) is 0 Å². The van der Waals surface area contributed by atoms with Gasteiger partial charge in [0.1, 0.15) is 5.69 Å². The number of benzene rings is 1. The molecule has 0 saturated heterocycles. The van der Waals surface area contributed by atoms with Crippen molar-refractivity contribution < 1.29 is 14.3 Å². The summed E-state index contributed by atoms with van der Waals surface area (Å²) in [6.07, 6.45) is 0.637. The quantitative estimate of drug-likeness (QED) is 0.851. The molecule has 0 radical (unpaired) electrons. The van der Waals surface area contributed by atoms with E-state index < -0.39 is 0 Å². The number of ether oxygens (including phenoxy) is 2. The summed E-state index contributed by atoms with van der Waals surface area (Å²) in [5, 5.41) is 6.68. The van der Waals surface area contributed by atoms with E-state index in [0.717, 1.165) is 10.2 Å². The third-order valence-electron chi connectivity index (χ3n) is 3.34. The van der Waals surface area contributed by atoms with E-state index in [1.54, 1.807) is 14.2 Å². The van der Waals surface area contributed by atoms with Crippen LogP contribution in [0.15, 0.2) is 35.1 Å². The summed E-state index contributed by atoms with van der Waals surface area (Å²) in [4.78, 5) is 23.2. The Balaban J connectivity index is 1.95. The Labute approximate surface area is 133 Å². The molecule has 0 aliphatic heterocycles. The predicted molar refractivity (Wildman–Crippen MR) is 85.1 cm³/mol. The number of rotatable bonds is 6. The number of nitrogens with zero attached hydrogens (tertiary/aromatic N) is 2. The molecule has 2 rings (SSSR count). The van der Waals surface area contributed by atoms with Gasteiger partial charge in [-0.25, -0.2) is 4.68 Å². The van der Waals surface area contributed by atoms with Crippen LogP contribution in [-0.2, 0) is 13.5 Å². The first kappa shape index (κ1) is 16.5. The summed E-state index contributed by atoms with van der Waals surface area (Å²) in [6.45, 7) is 0.443. The highest BCUT2D eigenvalue weighted by atomic mass is 16.5. The van der Waals surface area contributed by atoms with Crippen molar-refractivity contribution in [2.75, 3.05) is 20.8 Å². The number of hydrogen-bond donors (Lipinski definition) is 1.